The number of carbonyl (C=O) groups is 4. The predicted molar refractivity (Wildman–Crippen MR) is 579 cm³/mol. The van der Waals surface area contributed by atoms with Gasteiger partial charge in [-0.2, -0.15) is 5.26 Å². The van der Waals surface area contributed by atoms with Crippen molar-refractivity contribution in [2.24, 2.45) is 3.34 Å². The van der Waals surface area contributed by atoms with Crippen molar-refractivity contribution in [3.8, 4) is 79.3 Å². The van der Waals surface area contributed by atoms with Crippen LogP contribution in [0.15, 0.2) is 242 Å². The van der Waals surface area contributed by atoms with Crippen molar-refractivity contribution in [1.82, 2.24) is 0 Å². The Bertz CT molecular complexity index is 6520. The van der Waals surface area contributed by atoms with Crippen LogP contribution in [0.2, 0.25) is 13.3 Å². The molecule has 141 heavy (non-hydrogen) atoms. The number of anilines is 1. The first-order valence-electron chi connectivity index (χ1n) is 48.5. The Kier molecular flexibility index (Phi) is 44.4. The Morgan fingerprint density at radius 1 is 0.447 bits per heavy atom. The summed E-state index contributed by atoms with van der Waals surface area (Å²) in [5.74, 6) is 2.23. The van der Waals surface area contributed by atoms with Gasteiger partial charge in [-0.05, 0) is 367 Å². The second-order valence-corrected chi connectivity index (χ2v) is 52.4. The molecule has 4 aromatic heterocycles. The summed E-state index contributed by atoms with van der Waals surface area (Å²) < 4.78 is 54.5. The van der Waals surface area contributed by atoms with Gasteiger partial charge in [0.2, 0.25) is 0 Å². The third-order valence-electron chi connectivity index (χ3n) is 26.1. The number of unbranched alkanes of at least 4 members (excludes halogenated alkanes) is 3. The number of carboxylic acids is 1. The number of methoxy groups -OCH3 is 2. The molecule has 0 unspecified atom stereocenters. The van der Waals surface area contributed by atoms with Crippen LogP contribution >= 0.6 is 61.3 Å². The molecular formula is C113H126BBrN5NaO15S4Sn. The molecule has 5 aliphatic carbocycles. The Balaban J connectivity index is 0.000000170. The summed E-state index contributed by atoms with van der Waals surface area (Å²) in [5, 5.41) is 52.8. The summed E-state index contributed by atoms with van der Waals surface area (Å²) in [5.41, 5.74) is 20.1. The minimum atomic E-state index is -2.45. The van der Waals surface area contributed by atoms with E-state index >= 15 is 0 Å². The van der Waals surface area contributed by atoms with Crippen LogP contribution in [-0.2, 0) is 9.47 Å². The zero-order valence-electron chi connectivity index (χ0n) is 80.6. The Morgan fingerprint density at radius 2 is 0.787 bits per heavy atom. The molecule has 0 spiro atoms. The van der Waals surface area contributed by atoms with Gasteiger partial charge in [-0.15, -0.1) is 45.3 Å². The first kappa shape index (κ1) is 111. The van der Waals surface area contributed by atoms with Crippen molar-refractivity contribution in [3.05, 3.63) is 277 Å². The molecule has 20 nitrogen and oxygen atoms in total. The van der Waals surface area contributed by atoms with E-state index in [4.69, 9.17) is 44.0 Å². The molecule has 1 amide bonds. The fourth-order valence-electron chi connectivity index (χ4n) is 18.4. The zero-order valence-corrected chi connectivity index (χ0v) is 90.3. The van der Waals surface area contributed by atoms with Crippen LogP contribution in [0.3, 0.4) is 0 Å². The maximum atomic E-state index is 13.7. The van der Waals surface area contributed by atoms with E-state index in [0.29, 0.717) is 39.5 Å². The van der Waals surface area contributed by atoms with Gasteiger partial charge >= 0.3 is 160 Å². The van der Waals surface area contributed by atoms with Crippen LogP contribution in [-0.4, -0.2) is 115 Å². The second-order valence-electron chi connectivity index (χ2n) is 35.9. The zero-order chi connectivity index (χ0) is 96.7. The van der Waals surface area contributed by atoms with Gasteiger partial charge in [0, 0.05) is 52.3 Å². The van der Waals surface area contributed by atoms with Crippen LogP contribution in [0.4, 0.5) is 5.69 Å². The fourth-order valence-corrected chi connectivity index (χ4v) is 34.4. The molecular weight excluding hydrogens is 2030 g/mol. The normalized spacial score (nSPS) is 14.0. The average molecular weight is 2150 g/mol. The molecule has 28 heteroatoms. The van der Waals surface area contributed by atoms with Crippen LogP contribution in [0.25, 0.3) is 95.3 Å². The standard InChI is InChI=1S/C38H34N2O3S.C21H20O3S.C20H18O3S.C13H15BrO3.C8H7BO2S.3C4H9.CH4.N3.Na.H2O.Sn/c39-24-25-6-5-7-27(20-25)34-23-30(15-17-36(34)43-32-10-3-4-11-32)40-38(41)29-14-16-35(42-31-8-1-2-9-31)33(21-29)28-13-12-26-18-19-44-37(26)22-28;1-23-21(22)16-8-9-19(24-17-4-2-3-5-17)18(12-16)15-7-6-14-10-11-25-20(14)13-15;21-20(22)15-7-8-18(23-16-3-1-2-4-16)17(11-15)14-6-5-13-9-10-24-19(13)12-14;1-16-13(15)9-6-7-12(11(14)8-9)17-10-4-2-3-5-10;10-9(11)7-2-1-6-3-4-12-8(6)5-7;3*1-3-4-2;;1-3-2;;;/h5-7,12-23,31-32H,1-4,8-11H2,(H,40,41);6-13,17H,2-5H2,1H3;5-12,16H,1-4H2,(H,21,22);6-8,10H,2-5H2,1H3;1-5,10-11H;3*1,3-4H2,2H3;1H4;;;1H2;/q;;;;;;;;;-1;+1;;+1/p-1. The van der Waals surface area contributed by atoms with Gasteiger partial charge in [0.15, 0.2) is 0 Å². The molecule has 10 aromatic carbocycles. The second kappa shape index (κ2) is 56.3. The van der Waals surface area contributed by atoms with Gasteiger partial charge in [0.25, 0.3) is 5.91 Å². The number of carboxylic acid groups (broad SMARTS) is 1. The van der Waals surface area contributed by atoms with Gasteiger partial charge in [0.05, 0.1) is 77.5 Å². The monoisotopic (exact) mass is 2150 g/mol. The van der Waals surface area contributed by atoms with E-state index in [2.05, 4.69) is 144 Å². The molecule has 0 saturated heterocycles. The van der Waals surface area contributed by atoms with Gasteiger partial charge in [0.1, 0.15) is 28.7 Å². The number of hydrogen-bond donors (Lipinski definition) is 4. The number of fused-ring (bicyclic) bond motifs is 4. The number of aromatic carboxylic acids is 1. The summed E-state index contributed by atoms with van der Waals surface area (Å²) in [6, 6.07) is 70.0. The van der Waals surface area contributed by atoms with Crippen LogP contribution < -0.4 is 64.0 Å². The van der Waals surface area contributed by atoms with E-state index in [0.717, 1.165) is 152 Å². The SMILES string of the molecule is C.CCC[CH2][Sn]([CH2]CCC)([CH2]CCC)[N]=[N+]=[N-].COC(=O)c1ccc(OC2CCCC2)c(-c2ccc3ccsc3c2)c1.COC(=O)c1ccc(OC2CCCC2)c(Br)c1.N#Cc1cccc(-c2cc(NC(=O)c3ccc(OC4CCCC4)c(-c4ccc5ccsc5c4)c3)ccc2OC2CCCC2)c1.O=C(O)c1ccc(OC2CCCC2)c(-c2ccc3ccsc3c2)c1.OB(O)c1ccc2ccsc2c1.[Na+].[OH-]. The van der Waals surface area contributed by atoms with E-state index in [1.807, 2.05) is 96.4 Å². The molecule has 5 saturated carbocycles. The minimum absolute atomic E-state index is 0. The average Bonchev–Trinajstić information content (AvgIpc) is 1.79. The first-order valence-corrected chi connectivity index (χ1v) is 60.2. The van der Waals surface area contributed by atoms with E-state index in [-0.39, 0.29) is 90.3 Å². The number of hydrogen-bond acceptors (Lipinski definition) is 20. The number of azide groups is 1. The van der Waals surface area contributed by atoms with Crippen LogP contribution in [0.5, 0.6) is 28.7 Å². The number of amides is 1. The number of halogens is 1. The molecule has 5 fully saturated rings. The smallest absolute Gasteiger partial charge is 0.870 e. The number of nitrogens with one attached hydrogen (secondary N) is 1. The van der Waals surface area contributed by atoms with Gasteiger partial charge in [-0.25, -0.2) is 14.4 Å². The number of thiophene rings is 4. The number of benzene rings is 10. The Hall–Kier alpha value is -10.1. The molecule has 0 bridgehead atoms. The molecule has 0 aliphatic heterocycles. The third-order valence-corrected chi connectivity index (χ3v) is 42.7. The summed E-state index contributed by atoms with van der Waals surface area (Å²) in [6.45, 7) is 6.69. The van der Waals surface area contributed by atoms with Crippen LogP contribution in [0, 0.1) is 11.3 Å². The number of nitriles is 1. The van der Waals surface area contributed by atoms with Crippen molar-refractivity contribution >= 4 is 162 Å². The summed E-state index contributed by atoms with van der Waals surface area (Å²) in [4.78, 5) is 51.6. The van der Waals surface area contributed by atoms with Crippen molar-refractivity contribution < 1.29 is 103 Å². The maximum absolute atomic E-state index is 13.7. The van der Waals surface area contributed by atoms with Gasteiger partial charge in [-0.1, -0.05) is 68.1 Å². The van der Waals surface area contributed by atoms with Crippen molar-refractivity contribution in [1.29, 1.82) is 5.26 Å². The van der Waals surface area contributed by atoms with E-state index in [1.165, 1.54) is 161 Å². The largest absolute Gasteiger partial charge is 1.00 e. The molecule has 5 aliphatic rings. The molecule has 0 atom stereocenters. The molecule has 0 radical (unpaired) electrons. The van der Waals surface area contributed by atoms with Gasteiger partial charge in [-0.3, -0.25) is 4.79 Å². The Morgan fingerprint density at radius 3 is 1.16 bits per heavy atom. The van der Waals surface area contributed by atoms with E-state index < -0.39 is 31.7 Å². The van der Waals surface area contributed by atoms with E-state index in [9.17, 15) is 29.5 Å². The van der Waals surface area contributed by atoms with Crippen molar-refractivity contribution in [2.45, 2.75) is 239 Å². The molecule has 14 aromatic rings. The summed E-state index contributed by atoms with van der Waals surface area (Å²) in [7, 11) is 1.42. The number of carbonyl (C=O) groups excluding carboxylic acids is 3. The van der Waals surface area contributed by atoms with Crippen LogP contribution in [0.1, 0.15) is 242 Å². The quantitative estimate of drug-likeness (QED) is 0.0107. The molecule has 19 rings (SSSR count). The van der Waals surface area contributed by atoms with Crippen molar-refractivity contribution in [2.75, 3.05) is 19.5 Å². The predicted octanol–water partition coefficient (Wildman–Crippen LogP) is 28.5. The molecule has 4 heterocycles. The molecule has 5 N–H and O–H groups in total. The molecule has 732 valence electrons. The number of rotatable bonds is 30. The van der Waals surface area contributed by atoms with Crippen molar-refractivity contribution in [3.63, 3.8) is 0 Å². The fraction of sp³-hybridized carbons (Fsp3) is 0.354. The third kappa shape index (κ3) is 31.2. The summed E-state index contributed by atoms with van der Waals surface area (Å²) >= 11 is 7.68. The van der Waals surface area contributed by atoms with Gasteiger partial charge < -0.3 is 59.1 Å². The summed E-state index contributed by atoms with van der Waals surface area (Å²) in [6.07, 6.45) is 31.6. The first-order chi connectivity index (χ1) is 67.3. The number of esters is 2. The minimum Gasteiger partial charge on any atom is -0.870 e. The number of ether oxygens (including phenoxy) is 7. The topological polar surface area (TPSA) is 308 Å². The van der Waals surface area contributed by atoms with E-state index in [1.54, 1.807) is 99.9 Å². The maximum Gasteiger partial charge on any atom is 1.00 e. The Labute approximate surface area is 879 Å². The number of nitrogens with zero attached hydrogens (tertiary/aromatic N) is 4.